The van der Waals surface area contributed by atoms with Gasteiger partial charge >= 0.3 is 6.18 Å². The van der Waals surface area contributed by atoms with Crippen molar-refractivity contribution < 1.29 is 27.5 Å². The van der Waals surface area contributed by atoms with Crippen LogP contribution in [0.4, 0.5) is 17.6 Å². The minimum absolute atomic E-state index is 0.131. The molecule has 0 aliphatic heterocycles. The molecule has 2 aromatic rings. The van der Waals surface area contributed by atoms with Crippen LogP contribution in [0.5, 0.6) is 5.75 Å². The van der Waals surface area contributed by atoms with E-state index in [1.165, 1.54) is 12.1 Å². The van der Waals surface area contributed by atoms with Gasteiger partial charge in [-0.1, -0.05) is 35.3 Å². The van der Waals surface area contributed by atoms with Crippen molar-refractivity contribution in [2.75, 3.05) is 0 Å². The molecule has 0 saturated heterocycles. The standard InChI is InChI=1S/C21H17Cl2F4N3O2/c22-14-7-11(8-15(23)17(14)31)9-16(19(32)30-20(10-28)5-6-20)29-18(21(25,26)27)12-1-3-13(24)4-2-12/h1-4,7-8,16,18,29,31H,5-6,9H2,(H,30,32)/t16-,18-/m0/s1. The summed E-state index contributed by atoms with van der Waals surface area (Å²) in [4.78, 5) is 12.9. The van der Waals surface area contributed by atoms with Crippen LogP contribution in [-0.2, 0) is 11.2 Å². The van der Waals surface area contributed by atoms with Crippen LogP contribution in [0.2, 0.25) is 10.0 Å². The summed E-state index contributed by atoms with van der Waals surface area (Å²) in [7, 11) is 0. The molecule has 2 aromatic carbocycles. The van der Waals surface area contributed by atoms with E-state index in [2.05, 4.69) is 10.6 Å². The Morgan fingerprint density at radius 3 is 2.22 bits per heavy atom. The van der Waals surface area contributed by atoms with Gasteiger partial charge < -0.3 is 10.4 Å². The van der Waals surface area contributed by atoms with Crippen molar-refractivity contribution in [2.45, 2.75) is 43.1 Å². The number of amides is 1. The summed E-state index contributed by atoms with van der Waals surface area (Å²) in [5.74, 6) is -1.92. The van der Waals surface area contributed by atoms with E-state index >= 15 is 0 Å². The van der Waals surface area contributed by atoms with Gasteiger partial charge in [-0.05, 0) is 54.7 Å². The Bertz CT molecular complexity index is 1030. The highest BCUT2D eigenvalue weighted by Gasteiger charge is 2.47. The first-order valence-corrected chi connectivity index (χ1v) is 10.2. The molecule has 0 unspecified atom stereocenters. The smallest absolute Gasteiger partial charge is 0.407 e. The Morgan fingerprint density at radius 1 is 1.19 bits per heavy atom. The molecule has 1 amide bonds. The van der Waals surface area contributed by atoms with Gasteiger partial charge in [0.2, 0.25) is 5.91 Å². The topological polar surface area (TPSA) is 85.2 Å². The van der Waals surface area contributed by atoms with Crippen LogP contribution in [0, 0.1) is 17.1 Å². The third-order valence-electron chi connectivity index (χ3n) is 5.06. The maximum atomic E-state index is 13.9. The van der Waals surface area contributed by atoms with Gasteiger partial charge in [0.25, 0.3) is 0 Å². The minimum Gasteiger partial charge on any atom is -0.505 e. The monoisotopic (exact) mass is 489 g/mol. The number of rotatable bonds is 7. The first-order chi connectivity index (χ1) is 14.9. The summed E-state index contributed by atoms with van der Waals surface area (Å²) in [6.07, 6.45) is -4.31. The van der Waals surface area contributed by atoms with E-state index in [1.807, 2.05) is 6.07 Å². The molecular weight excluding hydrogens is 473 g/mol. The average molecular weight is 490 g/mol. The number of hydrogen-bond acceptors (Lipinski definition) is 4. The van der Waals surface area contributed by atoms with Gasteiger partial charge in [0, 0.05) is 0 Å². The average Bonchev–Trinajstić information content (AvgIpc) is 3.49. The Balaban J connectivity index is 1.94. The Hall–Kier alpha value is -2.54. The number of nitrogens with one attached hydrogen (secondary N) is 2. The zero-order chi connectivity index (χ0) is 23.7. The summed E-state index contributed by atoms with van der Waals surface area (Å²) in [5.41, 5.74) is -1.11. The second-order valence-electron chi connectivity index (χ2n) is 7.54. The molecule has 3 rings (SSSR count). The first-order valence-electron chi connectivity index (χ1n) is 9.42. The molecule has 2 atom stereocenters. The number of benzene rings is 2. The van der Waals surface area contributed by atoms with Gasteiger partial charge in [-0.3, -0.25) is 10.1 Å². The van der Waals surface area contributed by atoms with Crippen LogP contribution in [0.3, 0.4) is 0 Å². The van der Waals surface area contributed by atoms with Gasteiger partial charge in [0.05, 0.1) is 22.2 Å². The quantitative estimate of drug-likeness (QED) is 0.487. The first kappa shape index (κ1) is 24.1. The zero-order valence-corrected chi connectivity index (χ0v) is 17.8. The lowest BCUT2D eigenvalue weighted by atomic mass is 10.0. The van der Waals surface area contributed by atoms with Crippen LogP contribution >= 0.6 is 23.2 Å². The molecule has 1 aliphatic rings. The maximum Gasteiger partial charge on any atom is 0.407 e. The lowest BCUT2D eigenvalue weighted by Gasteiger charge is -2.28. The SMILES string of the molecule is N#CC1(NC(=O)[C@H](Cc2cc(Cl)c(O)c(Cl)c2)N[C@@H](c2ccc(F)cc2)C(F)(F)F)CC1. The molecule has 0 bridgehead atoms. The van der Waals surface area contributed by atoms with Crippen LogP contribution in [0.15, 0.2) is 36.4 Å². The number of phenolic OH excluding ortho intramolecular Hbond substituents is 1. The van der Waals surface area contributed by atoms with Crippen molar-refractivity contribution in [1.82, 2.24) is 10.6 Å². The highest BCUT2D eigenvalue weighted by molar-refractivity contribution is 6.37. The highest BCUT2D eigenvalue weighted by Crippen LogP contribution is 2.37. The lowest BCUT2D eigenvalue weighted by Crippen LogP contribution is -2.52. The molecule has 11 heteroatoms. The van der Waals surface area contributed by atoms with E-state index < -0.39 is 41.3 Å². The molecule has 32 heavy (non-hydrogen) atoms. The summed E-state index contributed by atoms with van der Waals surface area (Å²) >= 11 is 11.8. The number of halogens is 6. The Kier molecular flexibility index (Phi) is 6.89. The maximum absolute atomic E-state index is 13.9. The second-order valence-corrected chi connectivity index (χ2v) is 8.36. The summed E-state index contributed by atoms with van der Waals surface area (Å²) in [5, 5.41) is 23.5. The second kappa shape index (κ2) is 9.14. The molecule has 0 aromatic heterocycles. The van der Waals surface area contributed by atoms with E-state index in [0.29, 0.717) is 12.8 Å². The molecule has 1 aliphatic carbocycles. The number of carbonyl (C=O) groups is 1. The molecule has 0 spiro atoms. The third kappa shape index (κ3) is 5.63. The molecule has 170 valence electrons. The largest absolute Gasteiger partial charge is 0.505 e. The number of phenols is 1. The molecular formula is C21H17Cl2F4N3O2. The van der Waals surface area contributed by atoms with Gasteiger partial charge in [0.1, 0.15) is 17.4 Å². The fourth-order valence-electron chi connectivity index (χ4n) is 3.15. The van der Waals surface area contributed by atoms with E-state index in [0.717, 1.165) is 24.3 Å². The van der Waals surface area contributed by atoms with Gasteiger partial charge in [-0.25, -0.2) is 4.39 Å². The Morgan fingerprint density at radius 2 is 1.75 bits per heavy atom. The number of aromatic hydroxyl groups is 1. The Labute approximate surface area is 190 Å². The van der Waals surface area contributed by atoms with E-state index in [-0.39, 0.29) is 27.6 Å². The zero-order valence-electron chi connectivity index (χ0n) is 16.3. The van der Waals surface area contributed by atoms with Crippen molar-refractivity contribution in [3.05, 3.63) is 63.4 Å². The summed E-state index contributed by atoms with van der Waals surface area (Å²) in [6.45, 7) is 0. The number of nitrogens with zero attached hydrogens (tertiary/aromatic N) is 1. The third-order valence-corrected chi connectivity index (χ3v) is 5.63. The van der Waals surface area contributed by atoms with Crippen molar-refractivity contribution in [3.63, 3.8) is 0 Å². The number of nitriles is 1. The van der Waals surface area contributed by atoms with Crippen molar-refractivity contribution in [1.29, 1.82) is 5.26 Å². The molecule has 1 fully saturated rings. The molecule has 3 N–H and O–H groups in total. The van der Waals surface area contributed by atoms with E-state index in [1.54, 1.807) is 0 Å². The predicted octanol–water partition coefficient (Wildman–Crippen LogP) is 4.81. The van der Waals surface area contributed by atoms with Crippen molar-refractivity contribution >= 4 is 29.1 Å². The highest BCUT2D eigenvalue weighted by atomic mass is 35.5. The normalized spacial score (nSPS) is 16.7. The van der Waals surface area contributed by atoms with Crippen LogP contribution in [-0.4, -0.2) is 28.8 Å². The van der Waals surface area contributed by atoms with Gasteiger partial charge in [0.15, 0.2) is 5.75 Å². The lowest BCUT2D eigenvalue weighted by molar-refractivity contribution is -0.161. The van der Waals surface area contributed by atoms with Gasteiger partial charge in [-0.2, -0.15) is 18.4 Å². The summed E-state index contributed by atoms with van der Waals surface area (Å²) in [6, 6.07) is 4.49. The van der Waals surface area contributed by atoms with Crippen LogP contribution in [0.1, 0.15) is 30.0 Å². The summed E-state index contributed by atoms with van der Waals surface area (Å²) < 4.78 is 54.8. The number of hydrogen-bond donors (Lipinski definition) is 3. The fourth-order valence-corrected chi connectivity index (χ4v) is 3.68. The molecule has 5 nitrogen and oxygen atoms in total. The number of carbonyl (C=O) groups excluding carboxylic acids is 1. The van der Waals surface area contributed by atoms with Crippen LogP contribution in [0.25, 0.3) is 0 Å². The molecule has 0 radical (unpaired) electrons. The van der Waals surface area contributed by atoms with E-state index in [9.17, 15) is 32.7 Å². The predicted molar refractivity (Wildman–Crippen MR) is 110 cm³/mol. The fraction of sp³-hybridized carbons (Fsp3) is 0.333. The van der Waals surface area contributed by atoms with Crippen LogP contribution < -0.4 is 10.6 Å². The molecule has 1 saturated carbocycles. The van der Waals surface area contributed by atoms with Crippen molar-refractivity contribution in [3.8, 4) is 11.8 Å². The molecule has 0 heterocycles. The number of alkyl halides is 3. The van der Waals surface area contributed by atoms with Gasteiger partial charge in [-0.15, -0.1) is 0 Å². The minimum atomic E-state index is -4.81. The van der Waals surface area contributed by atoms with Crippen molar-refractivity contribution in [2.24, 2.45) is 0 Å². The van der Waals surface area contributed by atoms with E-state index in [4.69, 9.17) is 23.2 Å².